The summed E-state index contributed by atoms with van der Waals surface area (Å²) in [6.07, 6.45) is -0.277. The van der Waals surface area contributed by atoms with Crippen LogP contribution in [0.15, 0.2) is 52.5 Å². The molecule has 3 aromatic rings. The van der Waals surface area contributed by atoms with E-state index in [1.54, 1.807) is 24.3 Å². The van der Waals surface area contributed by atoms with Crippen LogP contribution in [0, 0.1) is 11.3 Å². The number of nitrogens with one attached hydrogen (secondary N) is 1. The van der Waals surface area contributed by atoms with E-state index in [2.05, 4.69) is 26.0 Å². The molecule has 0 spiro atoms. The van der Waals surface area contributed by atoms with E-state index in [0.29, 0.717) is 5.69 Å². The summed E-state index contributed by atoms with van der Waals surface area (Å²) < 4.78 is 26.8. The van der Waals surface area contributed by atoms with Crippen LogP contribution >= 0.6 is 11.6 Å². The Morgan fingerprint density at radius 1 is 1.29 bits per heavy atom. The topological polar surface area (TPSA) is 152 Å². The number of aromatic nitrogens is 4. The van der Waals surface area contributed by atoms with Crippen molar-refractivity contribution in [3.63, 3.8) is 0 Å². The third-order valence-electron chi connectivity index (χ3n) is 5.10. The van der Waals surface area contributed by atoms with E-state index >= 15 is 0 Å². The number of anilines is 1. The molecule has 0 aliphatic carbocycles. The number of sulfone groups is 1. The molecule has 1 N–H and O–H groups in total. The van der Waals surface area contributed by atoms with Crippen LogP contribution in [0.2, 0.25) is 5.02 Å². The number of oxime groups is 1. The number of hydrogen-bond acceptors (Lipinski definition) is 9. The number of carbonyl (C=O) groups excluding carboxylic acids is 1. The van der Waals surface area contributed by atoms with Crippen molar-refractivity contribution in [2.45, 2.75) is 30.8 Å². The van der Waals surface area contributed by atoms with Gasteiger partial charge in [-0.3, -0.25) is 10.1 Å². The van der Waals surface area contributed by atoms with Gasteiger partial charge in [-0.15, -0.1) is 0 Å². The molecule has 0 saturated carbocycles. The summed E-state index contributed by atoms with van der Waals surface area (Å²) in [6, 6.07) is 13.6. The summed E-state index contributed by atoms with van der Waals surface area (Å²) in [7, 11) is -3.71. The summed E-state index contributed by atoms with van der Waals surface area (Å²) in [5.41, 5.74) is 0.959. The number of para-hydroxylation sites is 1. The molecule has 0 bridgehead atoms. The first-order chi connectivity index (χ1) is 16.4. The van der Waals surface area contributed by atoms with Gasteiger partial charge in [-0.1, -0.05) is 47.0 Å². The lowest BCUT2D eigenvalue weighted by Gasteiger charge is -2.14. The Kier molecular flexibility index (Phi) is 6.58. The molecule has 0 saturated heterocycles. The van der Waals surface area contributed by atoms with Crippen molar-refractivity contribution < 1.29 is 18.0 Å². The summed E-state index contributed by atoms with van der Waals surface area (Å²) >= 11 is 6.59. The lowest BCUT2D eigenvalue weighted by Crippen LogP contribution is -2.19. The van der Waals surface area contributed by atoms with Crippen LogP contribution in [0.3, 0.4) is 0 Å². The molecule has 2 heterocycles. The van der Waals surface area contributed by atoms with Gasteiger partial charge >= 0.3 is 0 Å². The average Bonchev–Trinajstić information content (AvgIpc) is 3.49. The standard InChI is InChI=1S/C21H18ClN7O4S/c1-2-34(31,32)17-9-8-15(19(22)18(17)16-12-14(10-11-23)33-26-16)20(30)24-21-25-27-28-29(21)13-6-4-3-5-7-13/h3-9,14H,2,10,12H2,1H3,(H,24,25,28,30). The van der Waals surface area contributed by atoms with Crippen molar-refractivity contribution in [3.8, 4) is 11.8 Å². The molecule has 1 aromatic heterocycles. The zero-order valence-electron chi connectivity index (χ0n) is 17.8. The van der Waals surface area contributed by atoms with Gasteiger partial charge in [0, 0.05) is 12.0 Å². The Hall–Kier alpha value is -3.82. The van der Waals surface area contributed by atoms with Gasteiger partial charge in [0.1, 0.15) is 6.10 Å². The molecule has 1 amide bonds. The number of nitriles is 1. The van der Waals surface area contributed by atoms with Crippen molar-refractivity contribution in [2.75, 3.05) is 11.1 Å². The van der Waals surface area contributed by atoms with Gasteiger partial charge in [0.25, 0.3) is 11.9 Å². The summed E-state index contributed by atoms with van der Waals surface area (Å²) in [5, 5.41) is 26.7. The number of nitrogens with zero attached hydrogens (tertiary/aromatic N) is 6. The smallest absolute Gasteiger partial charge is 0.259 e. The van der Waals surface area contributed by atoms with Crippen LogP contribution in [0.1, 0.15) is 35.7 Å². The predicted molar refractivity (Wildman–Crippen MR) is 123 cm³/mol. The maximum absolute atomic E-state index is 13.1. The zero-order chi connectivity index (χ0) is 24.3. The van der Waals surface area contributed by atoms with Crippen molar-refractivity contribution in [3.05, 3.63) is 58.6 Å². The first-order valence-corrected chi connectivity index (χ1v) is 12.2. The number of hydrogen-bond donors (Lipinski definition) is 1. The molecule has 34 heavy (non-hydrogen) atoms. The predicted octanol–water partition coefficient (Wildman–Crippen LogP) is 2.77. The highest BCUT2D eigenvalue weighted by Crippen LogP contribution is 2.33. The monoisotopic (exact) mass is 499 g/mol. The molecule has 1 atom stereocenters. The SMILES string of the molecule is CCS(=O)(=O)c1ccc(C(=O)Nc2nnnn2-c2ccccc2)c(Cl)c1C1=NOC(CC#N)C1. The molecule has 0 radical (unpaired) electrons. The Balaban J connectivity index is 1.72. The Labute approximate surface area is 199 Å². The number of carbonyl (C=O) groups is 1. The highest BCUT2D eigenvalue weighted by Gasteiger charge is 2.31. The van der Waals surface area contributed by atoms with Gasteiger partial charge in [0.15, 0.2) is 9.84 Å². The number of amides is 1. The first-order valence-electron chi connectivity index (χ1n) is 10.2. The Bertz CT molecular complexity index is 1410. The second kappa shape index (κ2) is 9.58. The van der Waals surface area contributed by atoms with Crippen molar-refractivity contribution >= 4 is 39.0 Å². The third-order valence-corrected chi connectivity index (χ3v) is 7.26. The average molecular weight is 500 g/mol. The Morgan fingerprint density at radius 3 is 2.76 bits per heavy atom. The second-order valence-electron chi connectivity index (χ2n) is 7.24. The fourth-order valence-electron chi connectivity index (χ4n) is 3.38. The number of tetrazole rings is 1. The lowest BCUT2D eigenvalue weighted by molar-refractivity contribution is 0.0891. The van der Waals surface area contributed by atoms with Crippen molar-refractivity contribution in [1.29, 1.82) is 5.26 Å². The van der Waals surface area contributed by atoms with Crippen LogP contribution in [-0.4, -0.2) is 52.1 Å². The molecule has 11 nitrogen and oxygen atoms in total. The molecule has 1 aliphatic rings. The van der Waals surface area contributed by atoms with E-state index < -0.39 is 21.8 Å². The van der Waals surface area contributed by atoms with Crippen LogP contribution < -0.4 is 5.32 Å². The molecule has 4 rings (SSSR count). The maximum atomic E-state index is 13.1. The molecule has 1 aliphatic heterocycles. The van der Waals surface area contributed by atoms with Gasteiger partial charge in [0.2, 0.25) is 0 Å². The molecule has 174 valence electrons. The van der Waals surface area contributed by atoms with Crippen molar-refractivity contribution in [2.24, 2.45) is 5.16 Å². The molecule has 2 aromatic carbocycles. The van der Waals surface area contributed by atoms with E-state index in [1.807, 2.05) is 12.1 Å². The van der Waals surface area contributed by atoms with Gasteiger partial charge in [0.05, 0.1) is 45.1 Å². The number of halogens is 1. The maximum Gasteiger partial charge on any atom is 0.259 e. The lowest BCUT2D eigenvalue weighted by atomic mass is 10.0. The Morgan fingerprint density at radius 2 is 2.06 bits per heavy atom. The van der Waals surface area contributed by atoms with E-state index in [-0.39, 0.29) is 51.3 Å². The van der Waals surface area contributed by atoms with Crippen LogP contribution in [0.4, 0.5) is 5.95 Å². The largest absolute Gasteiger partial charge is 0.391 e. The molecule has 0 fully saturated rings. The fourth-order valence-corrected chi connectivity index (χ4v) is 4.91. The zero-order valence-corrected chi connectivity index (χ0v) is 19.4. The minimum Gasteiger partial charge on any atom is -0.391 e. The quantitative estimate of drug-likeness (QED) is 0.520. The fraction of sp³-hybridized carbons (Fsp3) is 0.238. The van der Waals surface area contributed by atoms with Gasteiger partial charge in [-0.25, -0.2) is 8.42 Å². The van der Waals surface area contributed by atoms with Gasteiger partial charge in [-0.2, -0.15) is 9.94 Å². The van der Waals surface area contributed by atoms with E-state index in [9.17, 15) is 13.2 Å². The molecular weight excluding hydrogens is 482 g/mol. The van der Waals surface area contributed by atoms with E-state index in [1.165, 1.54) is 23.7 Å². The van der Waals surface area contributed by atoms with Crippen molar-refractivity contribution in [1.82, 2.24) is 20.2 Å². The third kappa shape index (κ3) is 4.48. The van der Waals surface area contributed by atoms with Gasteiger partial charge < -0.3 is 4.84 Å². The normalized spacial score (nSPS) is 15.3. The van der Waals surface area contributed by atoms with Crippen LogP contribution in [-0.2, 0) is 14.7 Å². The highest BCUT2D eigenvalue weighted by molar-refractivity contribution is 7.91. The summed E-state index contributed by atoms with van der Waals surface area (Å²) in [4.78, 5) is 18.3. The summed E-state index contributed by atoms with van der Waals surface area (Å²) in [5.74, 6) is -0.773. The minimum atomic E-state index is -3.71. The van der Waals surface area contributed by atoms with Gasteiger partial charge in [-0.05, 0) is 34.7 Å². The van der Waals surface area contributed by atoms with Crippen LogP contribution in [0.5, 0.6) is 0 Å². The number of benzene rings is 2. The highest BCUT2D eigenvalue weighted by atomic mass is 35.5. The van der Waals surface area contributed by atoms with E-state index in [0.717, 1.165) is 0 Å². The number of rotatable bonds is 7. The second-order valence-corrected chi connectivity index (χ2v) is 9.86. The van der Waals surface area contributed by atoms with E-state index in [4.69, 9.17) is 21.7 Å². The summed E-state index contributed by atoms with van der Waals surface area (Å²) in [6.45, 7) is 1.50. The molecule has 1 unspecified atom stereocenters. The molecule has 13 heteroatoms. The first kappa shape index (κ1) is 23.3. The van der Waals surface area contributed by atoms with Crippen LogP contribution in [0.25, 0.3) is 5.69 Å². The molecular formula is C21H18ClN7O4S. The minimum absolute atomic E-state index is 0.000708.